The summed E-state index contributed by atoms with van der Waals surface area (Å²) in [6.45, 7) is 4.54. The number of hydrogen-bond donors (Lipinski definition) is 2. The van der Waals surface area contributed by atoms with Crippen LogP contribution in [0.25, 0.3) is 0 Å². The van der Waals surface area contributed by atoms with E-state index in [-0.39, 0.29) is 10.1 Å². The van der Waals surface area contributed by atoms with Gasteiger partial charge in [-0.1, -0.05) is 90.9 Å². The van der Waals surface area contributed by atoms with Crippen LogP contribution in [0.4, 0.5) is 0 Å². The minimum atomic E-state index is -1.00. The van der Waals surface area contributed by atoms with Crippen LogP contribution in [0.5, 0.6) is 0 Å². The van der Waals surface area contributed by atoms with Crippen LogP contribution >= 0.6 is 18.4 Å². The molecule has 0 rings (SSSR count). The average Bonchev–Trinajstić information content (AvgIpc) is 2.50. The summed E-state index contributed by atoms with van der Waals surface area (Å²) in [5.41, 5.74) is 0. The third-order valence-electron chi connectivity index (χ3n) is 4.20. The fourth-order valence-electron chi connectivity index (χ4n) is 2.72. The molecule has 0 aromatic heterocycles. The summed E-state index contributed by atoms with van der Waals surface area (Å²) in [6, 6.07) is 0. The maximum Gasteiger partial charge on any atom is 0.353 e. The molecule has 0 bridgehead atoms. The molecule has 0 aromatic rings. The highest BCUT2D eigenvalue weighted by Gasteiger charge is 2.11. The molecule has 22 heavy (non-hydrogen) atoms. The van der Waals surface area contributed by atoms with Gasteiger partial charge >= 0.3 is 6.13 Å². The van der Waals surface area contributed by atoms with Crippen LogP contribution in [0.1, 0.15) is 104 Å². The molecule has 0 spiro atoms. The lowest BCUT2D eigenvalue weighted by atomic mass is 10.1. The van der Waals surface area contributed by atoms with Gasteiger partial charge in [0, 0.05) is 21.6 Å². The second-order valence-corrected chi connectivity index (χ2v) is 13.1. The Bertz CT molecular complexity index is 246. The molecule has 1 nitrogen and oxygen atoms in total. The Morgan fingerprint density at radius 1 is 0.636 bits per heavy atom. The summed E-state index contributed by atoms with van der Waals surface area (Å²) < 4.78 is 0. The normalized spacial score (nSPS) is 12.1. The van der Waals surface area contributed by atoms with Crippen LogP contribution in [0.15, 0.2) is 0 Å². The van der Waals surface area contributed by atoms with Crippen molar-refractivity contribution in [2.24, 2.45) is 0 Å². The lowest BCUT2D eigenvalue weighted by Crippen LogP contribution is -2.01. The highest BCUT2D eigenvalue weighted by Crippen LogP contribution is 2.29. The van der Waals surface area contributed by atoms with Crippen LogP contribution in [-0.4, -0.2) is 16.4 Å². The molecule has 0 fully saturated rings. The molecule has 0 amide bonds. The van der Waals surface area contributed by atoms with Gasteiger partial charge in [-0.15, -0.1) is 0 Å². The highest BCUT2D eigenvalue weighted by atomic mass is 32.9. The van der Waals surface area contributed by atoms with Crippen molar-refractivity contribution in [3.63, 3.8) is 0 Å². The van der Waals surface area contributed by atoms with E-state index in [4.69, 9.17) is 0 Å². The van der Waals surface area contributed by atoms with Crippen LogP contribution in [0, 0.1) is 0 Å². The highest BCUT2D eigenvalue weighted by molar-refractivity contribution is 8.60. The van der Waals surface area contributed by atoms with Crippen LogP contribution in [0.3, 0.4) is 0 Å². The Kier molecular flexibility index (Phi) is 19.1. The molecule has 1 N–H and O–H groups in total. The van der Waals surface area contributed by atoms with Gasteiger partial charge in [0.2, 0.25) is 0 Å². The molecule has 0 radical (unpaired) electrons. The molecular weight excluding hydrogens is 327 g/mol. The van der Waals surface area contributed by atoms with E-state index in [1.807, 2.05) is 0 Å². The van der Waals surface area contributed by atoms with Crippen molar-refractivity contribution in [3.05, 3.63) is 0 Å². The smallest absolute Gasteiger partial charge is 0.178 e. The van der Waals surface area contributed by atoms with E-state index < -0.39 is 6.13 Å². The first-order chi connectivity index (χ1) is 10.7. The Balaban J connectivity index is 3.57. The van der Waals surface area contributed by atoms with E-state index in [0.29, 0.717) is 0 Å². The van der Waals surface area contributed by atoms with Crippen molar-refractivity contribution < 1.29 is 4.89 Å². The van der Waals surface area contributed by atoms with Crippen LogP contribution in [0.2, 0.25) is 0 Å². The van der Waals surface area contributed by atoms with Gasteiger partial charge < -0.3 is 0 Å². The number of rotatable bonds is 16. The molecule has 0 heterocycles. The summed E-state index contributed by atoms with van der Waals surface area (Å²) in [7, 11) is 0.191. The van der Waals surface area contributed by atoms with Gasteiger partial charge in [0.15, 0.2) is 0 Å². The molecule has 0 saturated heterocycles. The van der Waals surface area contributed by atoms with E-state index in [1.54, 1.807) is 0 Å². The molecule has 0 aromatic carbocycles. The zero-order valence-electron chi connectivity index (χ0n) is 15.1. The molecule has 1 unspecified atom stereocenters. The second kappa shape index (κ2) is 18.3. The molecule has 1 atom stereocenters. The van der Waals surface area contributed by atoms with Crippen LogP contribution < -0.4 is 0 Å². The first kappa shape index (κ1) is 23.0. The van der Waals surface area contributed by atoms with E-state index >= 15 is 0 Å². The Labute approximate surface area is 148 Å². The molecule has 0 saturated carbocycles. The van der Waals surface area contributed by atoms with Gasteiger partial charge in [0.05, 0.1) is 0 Å². The van der Waals surface area contributed by atoms with Gasteiger partial charge in [0.25, 0.3) is 0 Å². The predicted octanol–water partition coefficient (Wildman–Crippen LogP) is 7.25. The topological polar surface area (TPSA) is 20.2 Å². The second-order valence-electron chi connectivity index (χ2n) is 6.37. The van der Waals surface area contributed by atoms with Crippen molar-refractivity contribution >= 4 is 28.4 Å². The number of thiol groups is 1. The maximum atomic E-state index is 9.90. The Morgan fingerprint density at radius 2 is 0.955 bits per heavy atom. The minimum Gasteiger partial charge on any atom is -0.178 e. The first-order valence-corrected chi connectivity index (χ1v) is 14.2. The Morgan fingerprint density at radius 3 is 1.27 bits per heavy atom. The summed E-state index contributed by atoms with van der Waals surface area (Å²) in [5, 5.41) is 0. The van der Waals surface area contributed by atoms with Gasteiger partial charge in [-0.25, -0.2) is 0 Å². The van der Waals surface area contributed by atoms with Crippen molar-refractivity contribution in [1.29, 1.82) is 0 Å². The fraction of sp³-hybridized carbons (Fsp3) is 1.00. The average molecular weight is 368 g/mol. The third kappa shape index (κ3) is 15.8. The molecule has 0 aliphatic carbocycles. The summed E-state index contributed by atoms with van der Waals surface area (Å²) in [6.07, 6.45) is 18.1. The van der Waals surface area contributed by atoms with Crippen molar-refractivity contribution in [2.75, 3.05) is 11.5 Å². The first-order valence-electron chi connectivity index (χ1n) is 9.57. The number of unbranched alkanes of at least 4 members (excludes halogenated alkanes) is 12. The summed E-state index contributed by atoms with van der Waals surface area (Å²) >= 11 is 4.37. The Hall–Kier alpha value is 0.960. The molecule has 134 valence electrons. The van der Waals surface area contributed by atoms with Gasteiger partial charge in [-0.2, -0.15) is 4.89 Å². The zero-order chi connectivity index (χ0) is 16.5. The SMILES string of the molecule is CCCCCCCCCS(CCCCCCCCC)=[P+](O)S. The van der Waals surface area contributed by atoms with E-state index in [0.717, 1.165) is 0 Å². The number of hydrogen-bond acceptors (Lipinski definition) is 0. The summed E-state index contributed by atoms with van der Waals surface area (Å²) in [4.78, 5) is 9.90. The lowest BCUT2D eigenvalue weighted by molar-refractivity contribution is 0.601. The van der Waals surface area contributed by atoms with Gasteiger partial charge in [-0.3, -0.25) is 0 Å². The molecule has 4 heteroatoms. The third-order valence-corrected chi connectivity index (χ3v) is 10.7. The predicted molar refractivity (Wildman–Crippen MR) is 111 cm³/mol. The molecular formula is C18H40OPS2+. The molecule has 0 aliphatic rings. The van der Waals surface area contributed by atoms with Gasteiger partial charge in [0.1, 0.15) is 12.2 Å². The largest absolute Gasteiger partial charge is 0.353 e. The van der Waals surface area contributed by atoms with Crippen molar-refractivity contribution in [2.45, 2.75) is 104 Å². The lowest BCUT2D eigenvalue weighted by Gasteiger charge is -2.04. The standard InChI is InChI=1S/C18H40OPS2/c1-3-5-7-9-11-13-15-17-22(20(19)21)18-16-14-12-10-8-6-4-2/h19,21H,3-18H2,1-2H3/q+1. The van der Waals surface area contributed by atoms with Crippen molar-refractivity contribution in [3.8, 4) is 0 Å². The van der Waals surface area contributed by atoms with E-state index in [2.05, 4.69) is 26.1 Å². The van der Waals surface area contributed by atoms with Gasteiger partial charge in [-0.05, 0) is 12.8 Å². The van der Waals surface area contributed by atoms with E-state index in [9.17, 15) is 4.89 Å². The van der Waals surface area contributed by atoms with Crippen LogP contribution in [-0.2, 0) is 10.1 Å². The monoisotopic (exact) mass is 367 g/mol. The van der Waals surface area contributed by atoms with E-state index in [1.165, 1.54) is 101 Å². The summed E-state index contributed by atoms with van der Waals surface area (Å²) in [5.74, 6) is 2.44. The van der Waals surface area contributed by atoms with Crippen molar-refractivity contribution in [1.82, 2.24) is 0 Å². The maximum absolute atomic E-state index is 9.90. The zero-order valence-corrected chi connectivity index (χ0v) is 17.7. The molecule has 0 aliphatic heterocycles. The minimum absolute atomic E-state index is 0.191. The quantitative estimate of drug-likeness (QED) is 0.167. The fourth-order valence-corrected chi connectivity index (χ4v) is 7.55.